The lowest BCUT2D eigenvalue weighted by molar-refractivity contribution is 0.0748. The van der Waals surface area contributed by atoms with Gasteiger partial charge in [0.05, 0.1) is 5.56 Å². The van der Waals surface area contributed by atoms with Gasteiger partial charge in [-0.25, -0.2) is 0 Å². The number of carbonyl (C=O) groups is 1. The number of hydrogen-bond donors (Lipinski definition) is 3. The largest absolute Gasteiger partial charge is 0.508 e. The number of hydrogen-bond acceptors (Lipinski definition) is 4. The summed E-state index contributed by atoms with van der Waals surface area (Å²) >= 11 is 0. The van der Waals surface area contributed by atoms with Crippen LogP contribution in [-0.4, -0.2) is 28.1 Å². The monoisotopic (exact) mass is 326 g/mol. The second kappa shape index (κ2) is 6.07. The molecule has 24 heavy (non-hydrogen) atoms. The minimum Gasteiger partial charge on any atom is -0.508 e. The molecule has 0 unspecified atom stereocenters. The molecule has 0 aromatic heterocycles. The number of phenols is 2. The minimum atomic E-state index is -0.225. The fraction of sp³-hybridized carbons (Fsp3) is 0.316. The maximum Gasteiger partial charge on any atom is 0.258 e. The van der Waals surface area contributed by atoms with E-state index in [2.05, 4.69) is 5.32 Å². The van der Waals surface area contributed by atoms with Crippen LogP contribution in [0.3, 0.4) is 0 Å². The van der Waals surface area contributed by atoms with Crippen molar-refractivity contribution in [1.82, 2.24) is 4.90 Å². The molecule has 5 nitrogen and oxygen atoms in total. The van der Waals surface area contributed by atoms with Gasteiger partial charge in [-0.1, -0.05) is 19.9 Å². The van der Waals surface area contributed by atoms with Gasteiger partial charge in [-0.2, -0.15) is 0 Å². The Morgan fingerprint density at radius 3 is 2.46 bits per heavy atom. The van der Waals surface area contributed by atoms with Crippen LogP contribution < -0.4 is 5.32 Å². The maximum absolute atomic E-state index is 12.8. The summed E-state index contributed by atoms with van der Waals surface area (Å²) in [5.41, 5.74) is 4.13. The number of benzene rings is 2. The molecule has 0 spiro atoms. The van der Waals surface area contributed by atoms with Crippen LogP contribution in [0.4, 0.5) is 5.69 Å². The zero-order chi connectivity index (χ0) is 17.4. The Kier molecular flexibility index (Phi) is 4.09. The van der Waals surface area contributed by atoms with Crippen LogP contribution in [0.5, 0.6) is 11.5 Å². The number of rotatable bonds is 3. The summed E-state index contributed by atoms with van der Waals surface area (Å²) in [5, 5.41) is 23.1. The lowest BCUT2D eigenvalue weighted by atomic mass is 9.98. The number of nitrogens with one attached hydrogen (secondary N) is 1. The summed E-state index contributed by atoms with van der Waals surface area (Å²) in [4.78, 5) is 14.6. The Morgan fingerprint density at radius 2 is 1.79 bits per heavy atom. The summed E-state index contributed by atoms with van der Waals surface area (Å²) in [6, 6.07) is 8.90. The van der Waals surface area contributed by atoms with Crippen LogP contribution in [0.25, 0.3) is 0 Å². The van der Waals surface area contributed by atoms with Crippen LogP contribution in [-0.2, 0) is 13.1 Å². The van der Waals surface area contributed by atoms with Gasteiger partial charge < -0.3 is 20.4 Å². The number of amides is 1. The molecule has 0 saturated carbocycles. The van der Waals surface area contributed by atoms with Crippen LogP contribution >= 0.6 is 0 Å². The predicted octanol–water partition coefficient (Wildman–Crippen LogP) is 3.42. The first-order valence-corrected chi connectivity index (χ1v) is 8.05. The van der Waals surface area contributed by atoms with E-state index in [1.165, 1.54) is 6.07 Å². The molecule has 2 aromatic rings. The van der Waals surface area contributed by atoms with Crippen molar-refractivity contribution in [3.63, 3.8) is 0 Å². The van der Waals surface area contributed by atoms with E-state index in [0.29, 0.717) is 18.7 Å². The number of fused-ring (bicyclic) bond motifs is 1. The molecule has 1 amide bonds. The molecule has 3 rings (SSSR count). The fourth-order valence-corrected chi connectivity index (χ4v) is 3.09. The molecular formula is C19H22N2O3. The zero-order valence-corrected chi connectivity index (χ0v) is 14.1. The van der Waals surface area contributed by atoms with Crippen molar-refractivity contribution in [2.24, 2.45) is 0 Å². The smallest absolute Gasteiger partial charge is 0.258 e. The van der Waals surface area contributed by atoms with Crippen molar-refractivity contribution in [2.75, 3.05) is 12.4 Å². The maximum atomic E-state index is 12.8. The van der Waals surface area contributed by atoms with Crippen molar-refractivity contribution in [3.8, 4) is 11.5 Å². The van der Waals surface area contributed by atoms with E-state index in [0.717, 1.165) is 16.8 Å². The molecule has 1 heterocycles. The molecule has 126 valence electrons. The standard InChI is InChI=1S/C19H22N2O3/c1-11(2)15-7-16(18(23)8-17(15)22)19(24)21-9-12-4-5-14(20-3)6-13(12)10-21/h4-8,11,20,22-23H,9-10H2,1-3H3. The van der Waals surface area contributed by atoms with Gasteiger partial charge in [-0.3, -0.25) is 4.79 Å². The number of carbonyl (C=O) groups excluding carboxylic acids is 1. The summed E-state index contributed by atoms with van der Waals surface area (Å²) in [6.07, 6.45) is 0. The number of aromatic hydroxyl groups is 2. The van der Waals surface area contributed by atoms with E-state index >= 15 is 0 Å². The van der Waals surface area contributed by atoms with Gasteiger partial charge >= 0.3 is 0 Å². The van der Waals surface area contributed by atoms with Gasteiger partial charge in [-0.05, 0) is 40.8 Å². The molecule has 2 aromatic carbocycles. The molecule has 3 N–H and O–H groups in total. The van der Waals surface area contributed by atoms with Crippen LogP contribution in [0.15, 0.2) is 30.3 Å². The molecule has 1 aliphatic heterocycles. The van der Waals surface area contributed by atoms with E-state index < -0.39 is 0 Å². The first-order valence-electron chi connectivity index (χ1n) is 8.05. The van der Waals surface area contributed by atoms with Gasteiger partial charge in [0.2, 0.25) is 0 Å². The summed E-state index contributed by atoms with van der Waals surface area (Å²) in [5.74, 6) is -0.334. The third kappa shape index (κ3) is 2.77. The highest BCUT2D eigenvalue weighted by atomic mass is 16.3. The lowest BCUT2D eigenvalue weighted by Gasteiger charge is -2.18. The van der Waals surface area contributed by atoms with Gasteiger partial charge in [0.15, 0.2) is 0 Å². The molecule has 5 heteroatoms. The molecule has 0 saturated heterocycles. The highest BCUT2D eigenvalue weighted by Gasteiger charge is 2.27. The Balaban J connectivity index is 1.90. The second-order valence-corrected chi connectivity index (χ2v) is 6.48. The molecule has 0 atom stereocenters. The summed E-state index contributed by atoms with van der Waals surface area (Å²) in [6.45, 7) is 4.91. The Morgan fingerprint density at radius 1 is 1.08 bits per heavy atom. The third-order valence-corrected chi connectivity index (χ3v) is 4.50. The summed E-state index contributed by atoms with van der Waals surface area (Å²) < 4.78 is 0. The van der Waals surface area contributed by atoms with Crippen molar-refractivity contribution in [3.05, 3.63) is 52.6 Å². The quantitative estimate of drug-likeness (QED) is 0.808. The normalized spacial score (nSPS) is 13.2. The SMILES string of the molecule is CNc1ccc2c(c1)CN(C(=O)c1cc(C(C)C)c(O)cc1O)C2. The van der Waals surface area contributed by atoms with Gasteiger partial charge in [0, 0.05) is 31.9 Å². The van der Waals surface area contributed by atoms with Crippen molar-refractivity contribution in [1.29, 1.82) is 0 Å². The average Bonchev–Trinajstić information content (AvgIpc) is 2.96. The number of nitrogens with zero attached hydrogens (tertiary/aromatic N) is 1. The molecule has 0 fully saturated rings. The Labute approximate surface area is 141 Å². The number of phenolic OH excluding ortho intramolecular Hbond substituents is 2. The molecule has 0 aliphatic carbocycles. The molecule has 1 aliphatic rings. The van der Waals surface area contributed by atoms with Crippen LogP contribution in [0.2, 0.25) is 0 Å². The van der Waals surface area contributed by atoms with E-state index in [9.17, 15) is 15.0 Å². The first-order chi connectivity index (χ1) is 11.4. The highest BCUT2D eigenvalue weighted by molar-refractivity contribution is 5.97. The third-order valence-electron chi connectivity index (χ3n) is 4.50. The number of anilines is 1. The first kappa shape index (κ1) is 16.2. The average molecular weight is 326 g/mol. The zero-order valence-electron chi connectivity index (χ0n) is 14.1. The lowest BCUT2D eigenvalue weighted by Crippen LogP contribution is -2.25. The second-order valence-electron chi connectivity index (χ2n) is 6.48. The Hall–Kier alpha value is -2.69. The van der Waals surface area contributed by atoms with Gasteiger partial charge in [-0.15, -0.1) is 0 Å². The van der Waals surface area contributed by atoms with E-state index in [4.69, 9.17) is 0 Å². The molecular weight excluding hydrogens is 304 g/mol. The van der Waals surface area contributed by atoms with Crippen molar-refractivity contribution >= 4 is 11.6 Å². The summed E-state index contributed by atoms with van der Waals surface area (Å²) in [7, 11) is 1.86. The predicted molar refractivity (Wildman–Crippen MR) is 93.4 cm³/mol. The molecule has 0 bridgehead atoms. The van der Waals surface area contributed by atoms with Crippen LogP contribution in [0.1, 0.15) is 46.8 Å². The minimum absolute atomic E-state index is 0.0161. The van der Waals surface area contributed by atoms with Gasteiger partial charge in [0.25, 0.3) is 5.91 Å². The van der Waals surface area contributed by atoms with E-state index in [-0.39, 0.29) is 28.9 Å². The van der Waals surface area contributed by atoms with Crippen LogP contribution in [0, 0.1) is 0 Å². The Bertz CT molecular complexity index is 799. The van der Waals surface area contributed by atoms with Crippen molar-refractivity contribution < 1.29 is 15.0 Å². The van der Waals surface area contributed by atoms with Crippen molar-refractivity contribution in [2.45, 2.75) is 32.9 Å². The van der Waals surface area contributed by atoms with Gasteiger partial charge in [0.1, 0.15) is 11.5 Å². The topological polar surface area (TPSA) is 72.8 Å². The fourth-order valence-electron chi connectivity index (χ4n) is 3.09. The van der Waals surface area contributed by atoms with E-state index in [1.54, 1.807) is 11.0 Å². The van der Waals surface area contributed by atoms with E-state index in [1.807, 2.05) is 39.1 Å². The highest BCUT2D eigenvalue weighted by Crippen LogP contribution is 2.34. The molecule has 0 radical (unpaired) electrons.